The number of aryl methyl sites for hydroxylation is 1. The van der Waals surface area contributed by atoms with Gasteiger partial charge in [-0.05, 0) is 44.4 Å². The molecule has 21 heavy (non-hydrogen) atoms. The van der Waals surface area contributed by atoms with Gasteiger partial charge in [-0.25, -0.2) is 9.18 Å². The molecule has 0 spiro atoms. The van der Waals surface area contributed by atoms with Gasteiger partial charge in [-0.2, -0.15) is 0 Å². The van der Waals surface area contributed by atoms with Gasteiger partial charge in [0.05, 0.1) is 11.1 Å². The van der Waals surface area contributed by atoms with Gasteiger partial charge in [0.2, 0.25) is 0 Å². The van der Waals surface area contributed by atoms with Gasteiger partial charge >= 0.3 is 12.0 Å². The highest BCUT2D eigenvalue weighted by molar-refractivity contribution is 5.90. The summed E-state index contributed by atoms with van der Waals surface area (Å²) in [4.78, 5) is 23.3. The molecule has 0 saturated heterocycles. The molecule has 0 aliphatic heterocycles. The fourth-order valence-electron chi connectivity index (χ4n) is 2.71. The number of halogens is 1. The summed E-state index contributed by atoms with van der Waals surface area (Å²) < 4.78 is 13.6. The van der Waals surface area contributed by atoms with Crippen LogP contribution in [0.2, 0.25) is 0 Å². The van der Waals surface area contributed by atoms with Gasteiger partial charge < -0.3 is 15.7 Å². The van der Waals surface area contributed by atoms with Crippen LogP contribution in [0.1, 0.15) is 31.7 Å². The Labute approximate surface area is 122 Å². The Kier molecular flexibility index (Phi) is 4.16. The number of carbonyl (C=O) groups excluding carboxylic acids is 1. The highest BCUT2D eigenvalue weighted by Gasteiger charge is 2.45. The first-order chi connectivity index (χ1) is 9.83. The second-order valence-electron chi connectivity index (χ2n) is 5.75. The molecule has 114 valence electrons. The van der Waals surface area contributed by atoms with Crippen molar-refractivity contribution in [3.8, 4) is 0 Å². The van der Waals surface area contributed by atoms with Crippen LogP contribution >= 0.6 is 0 Å². The number of hydrogen-bond donors (Lipinski definition) is 3. The molecular weight excluding hydrogens is 275 g/mol. The molecule has 3 N–H and O–H groups in total. The predicted molar refractivity (Wildman–Crippen MR) is 76.7 cm³/mol. The number of urea groups is 1. The number of carbonyl (C=O) groups is 2. The van der Waals surface area contributed by atoms with Gasteiger partial charge in [-0.3, -0.25) is 4.79 Å². The predicted octanol–water partition coefficient (Wildman–Crippen LogP) is 2.90. The lowest BCUT2D eigenvalue weighted by Crippen LogP contribution is -2.48. The van der Waals surface area contributed by atoms with Crippen LogP contribution in [0.15, 0.2) is 18.2 Å². The van der Waals surface area contributed by atoms with E-state index in [-0.39, 0.29) is 5.69 Å². The van der Waals surface area contributed by atoms with Crippen LogP contribution in [-0.4, -0.2) is 23.1 Å². The van der Waals surface area contributed by atoms with Crippen LogP contribution in [0.4, 0.5) is 14.9 Å². The van der Waals surface area contributed by atoms with Crippen LogP contribution in [0.5, 0.6) is 0 Å². The minimum atomic E-state index is -0.970. The van der Waals surface area contributed by atoms with Gasteiger partial charge in [0.15, 0.2) is 0 Å². The Balaban J connectivity index is 2.05. The van der Waals surface area contributed by atoms with Crippen molar-refractivity contribution in [3.05, 3.63) is 29.6 Å². The molecule has 1 aromatic carbocycles. The molecule has 5 nitrogen and oxygen atoms in total. The Hall–Kier alpha value is -2.11. The Morgan fingerprint density at radius 3 is 2.81 bits per heavy atom. The number of amides is 2. The van der Waals surface area contributed by atoms with E-state index < -0.39 is 29.3 Å². The van der Waals surface area contributed by atoms with Crippen LogP contribution in [0, 0.1) is 18.2 Å². The second kappa shape index (κ2) is 5.71. The maximum Gasteiger partial charge on any atom is 0.319 e. The van der Waals surface area contributed by atoms with Crippen molar-refractivity contribution >= 4 is 17.7 Å². The maximum atomic E-state index is 13.6. The molecule has 1 aromatic rings. The van der Waals surface area contributed by atoms with Gasteiger partial charge in [0.1, 0.15) is 5.82 Å². The van der Waals surface area contributed by atoms with Crippen LogP contribution in [-0.2, 0) is 4.79 Å². The molecule has 2 amide bonds. The Morgan fingerprint density at radius 2 is 2.14 bits per heavy atom. The average Bonchev–Trinajstić information content (AvgIpc) is 2.77. The second-order valence-corrected chi connectivity index (χ2v) is 5.75. The summed E-state index contributed by atoms with van der Waals surface area (Å²) in [5.41, 5.74) is -0.0619. The lowest BCUT2D eigenvalue weighted by molar-refractivity contribution is -0.148. The van der Waals surface area contributed by atoms with E-state index in [0.29, 0.717) is 12.8 Å². The molecule has 0 aromatic heterocycles. The van der Waals surface area contributed by atoms with Crippen molar-refractivity contribution in [3.63, 3.8) is 0 Å². The van der Waals surface area contributed by atoms with E-state index in [1.54, 1.807) is 19.9 Å². The average molecular weight is 294 g/mol. The SMILES string of the molecule is Cc1ccc(F)c(NC(=O)NC2CCCC2(C)C(=O)O)c1. The van der Waals surface area contributed by atoms with Crippen molar-refractivity contribution in [2.75, 3.05) is 5.32 Å². The number of carboxylic acid groups (broad SMARTS) is 1. The number of nitrogens with one attached hydrogen (secondary N) is 2. The summed E-state index contributed by atoms with van der Waals surface area (Å²) in [7, 11) is 0. The summed E-state index contributed by atoms with van der Waals surface area (Å²) in [5.74, 6) is -1.45. The van der Waals surface area contributed by atoms with Crippen molar-refractivity contribution in [1.29, 1.82) is 0 Å². The van der Waals surface area contributed by atoms with E-state index in [1.165, 1.54) is 12.1 Å². The minimum absolute atomic E-state index is 0.0857. The first-order valence-electron chi connectivity index (χ1n) is 6.90. The highest BCUT2D eigenvalue weighted by Crippen LogP contribution is 2.38. The van der Waals surface area contributed by atoms with Gasteiger partial charge in [0, 0.05) is 6.04 Å². The normalized spacial score (nSPS) is 24.6. The van der Waals surface area contributed by atoms with Crippen molar-refractivity contribution in [2.24, 2.45) is 5.41 Å². The molecule has 1 aliphatic rings. The summed E-state index contributed by atoms with van der Waals surface area (Å²) in [6.45, 7) is 3.42. The van der Waals surface area contributed by atoms with Gasteiger partial charge in [-0.1, -0.05) is 12.5 Å². The molecule has 1 saturated carbocycles. The third-order valence-electron chi connectivity index (χ3n) is 4.12. The number of rotatable bonds is 3. The van der Waals surface area contributed by atoms with Crippen molar-refractivity contribution < 1.29 is 19.1 Å². The summed E-state index contributed by atoms with van der Waals surface area (Å²) >= 11 is 0. The standard InChI is InChI=1S/C15H19FN2O3/c1-9-5-6-10(16)11(8-9)17-14(21)18-12-4-3-7-15(12,2)13(19)20/h5-6,8,12H,3-4,7H2,1-2H3,(H,19,20)(H2,17,18,21). The van der Waals surface area contributed by atoms with E-state index in [2.05, 4.69) is 10.6 Å². The third-order valence-corrected chi connectivity index (χ3v) is 4.12. The van der Waals surface area contributed by atoms with Crippen molar-refractivity contribution in [1.82, 2.24) is 5.32 Å². The molecule has 0 bridgehead atoms. The molecular formula is C15H19FN2O3. The van der Waals surface area contributed by atoms with Crippen LogP contribution < -0.4 is 10.6 Å². The molecule has 2 atom stereocenters. The molecule has 0 radical (unpaired) electrons. The van der Waals surface area contributed by atoms with E-state index in [9.17, 15) is 19.1 Å². The molecule has 2 unspecified atom stereocenters. The maximum absolute atomic E-state index is 13.6. The molecule has 6 heteroatoms. The van der Waals surface area contributed by atoms with Gasteiger partial charge in [0.25, 0.3) is 0 Å². The molecule has 1 aliphatic carbocycles. The Morgan fingerprint density at radius 1 is 1.43 bits per heavy atom. The van der Waals surface area contributed by atoms with Crippen LogP contribution in [0.3, 0.4) is 0 Å². The highest BCUT2D eigenvalue weighted by atomic mass is 19.1. The zero-order valence-corrected chi connectivity index (χ0v) is 12.1. The smallest absolute Gasteiger partial charge is 0.319 e. The van der Waals surface area contributed by atoms with E-state index in [0.717, 1.165) is 12.0 Å². The number of anilines is 1. The minimum Gasteiger partial charge on any atom is -0.481 e. The monoisotopic (exact) mass is 294 g/mol. The first kappa shape index (κ1) is 15.3. The number of carboxylic acids is 1. The Bertz CT molecular complexity index is 576. The van der Waals surface area contributed by atoms with Gasteiger partial charge in [-0.15, -0.1) is 0 Å². The molecule has 1 fully saturated rings. The van der Waals surface area contributed by atoms with E-state index >= 15 is 0 Å². The fourth-order valence-corrected chi connectivity index (χ4v) is 2.71. The summed E-state index contributed by atoms with van der Waals surface area (Å²) in [6.07, 6.45) is 1.87. The van der Waals surface area contributed by atoms with Crippen molar-refractivity contribution in [2.45, 2.75) is 39.2 Å². The van der Waals surface area contributed by atoms with Crippen LogP contribution in [0.25, 0.3) is 0 Å². The largest absolute Gasteiger partial charge is 0.481 e. The third kappa shape index (κ3) is 3.15. The first-order valence-corrected chi connectivity index (χ1v) is 6.90. The number of benzene rings is 1. The lowest BCUT2D eigenvalue weighted by atomic mass is 9.85. The summed E-state index contributed by atoms with van der Waals surface area (Å²) in [5, 5.41) is 14.4. The number of hydrogen-bond acceptors (Lipinski definition) is 2. The fraction of sp³-hybridized carbons (Fsp3) is 0.467. The zero-order valence-electron chi connectivity index (χ0n) is 12.1. The number of aliphatic carboxylic acids is 1. The van der Waals surface area contributed by atoms with E-state index in [1.807, 2.05) is 0 Å². The topological polar surface area (TPSA) is 78.4 Å². The zero-order chi connectivity index (χ0) is 15.6. The summed E-state index contributed by atoms with van der Waals surface area (Å²) in [6, 6.07) is 3.38. The lowest BCUT2D eigenvalue weighted by Gasteiger charge is -2.27. The quantitative estimate of drug-likeness (QED) is 0.802. The molecule has 2 rings (SSSR count). The molecule has 0 heterocycles. The van der Waals surface area contributed by atoms with E-state index in [4.69, 9.17) is 0 Å².